The lowest BCUT2D eigenvalue weighted by atomic mass is 9.99. The lowest BCUT2D eigenvalue weighted by Gasteiger charge is -2.38. The number of anilines is 1. The summed E-state index contributed by atoms with van der Waals surface area (Å²) in [5.74, 6) is -0.307. The first-order chi connectivity index (χ1) is 18.5. The van der Waals surface area contributed by atoms with Gasteiger partial charge in [-0.3, -0.25) is 0 Å². The minimum absolute atomic E-state index is 0.0513. The molecule has 3 fully saturated rings. The van der Waals surface area contributed by atoms with Crippen molar-refractivity contribution < 1.29 is 23.6 Å². The number of carbonyl (C=O) groups is 1. The van der Waals surface area contributed by atoms with Gasteiger partial charge in [-0.2, -0.15) is 0 Å². The van der Waals surface area contributed by atoms with Crippen molar-refractivity contribution >= 4 is 32.7 Å². The molecule has 7 rings (SSSR count). The molecule has 2 aromatic carbocycles. The number of rotatable bonds is 7. The summed E-state index contributed by atoms with van der Waals surface area (Å²) in [7, 11) is 0. The molecule has 2 aliphatic heterocycles. The lowest BCUT2D eigenvalue weighted by molar-refractivity contribution is 0.0147. The number of aromatic nitrogens is 2. The van der Waals surface area contributed by atoms with E-state index in [9.17, 15) is 14.3 Å². The molecule has 1 aliphatic carbocycles. The number of carboxylic acids is 1. The average Bonchev–Trinajstić information content (AvgIpc) is 3.41. The largest absolute Gasteiger partial charge is 0.478 e. The van der Waals surface area contributed by atoms with Crippen LogP contribution in [0.2, 0.25) is 0 Å². The summed E-state index contributed by atoms with van der Waals surface area (Å²) >= 11 is 1.37. The first-order valence-corrected chi connectivity index (χ1v) is 14.1. The minimum atomic E-state index is -1.14. The summed E-state index contributed by atoms with van der Waals surface area (Å²) in [5, 5.41) is 14.5. The summed E-state index contributed by atoms with van der Waals surface area (Å²) in [6, 6.07) is 11.3. The van der Waals surface area contributed by atoms with Crippen molar-refractivity contribution in [2.24, 2.45) is 0 Å². The Labute approximate surface area is 223 Å². The topological polar surface area (TPSA) is 88.7 Å². The number of benzene rings is 2. The van der Waals surface area contributed by atoms with Crippen molar-refractivity contribution in [3.63, 3.8) is 0 Å². The number of piperidine rings is 1. The molecule has 2 bridgehead atoms. The number of thiazole rings is 1. The normalized spacial score (nSPS) is 22.9. The second kappa shape index (κ2) is 9.17. The molecule has 0 radical (unpaired) electrons. The van der Waals surface area contributed by atoms with Gasteiger partial charge >= 0.3 is 5.97 Å². The number of aryl methyl sites for hydroxylation is 1. The van der Waals surface area contributed by atoms with Crippen LogP contribution < -0.4 is 4.90 Å². The SMILES string of the molecule is Cc1ccccc1-c1noc(C2CC2)c1CO[C@@H]1CC2CC[C@@H](C1)N2c1nc2c(F)cc(C(=O)O)cc2s1. The number of halogens is 1. The first kappa shape index (κ1) is 23.8. The molecule has 9 heteroatoms. The van der Waals surface area contributed by atoms with E-state index in [0.717, 1.165) is 72.3 Å². The molecule has 38 heavy (non-hydrogen) atoms. The van der Waals surface area contributed by atoms with E-state index in [0.29, 0.717) is 17.2 Å². The summed E-state index contributed by atoms with van der Waals surface area (Å²) < 4.78 is 27.6. The Morgan fingerprint density at radius 1 is 1.18 bits per heavy atom. The Balaban J connectivity index is 1.10. The molecule has 7 nitrogen and oxygen atoms in total. The molecule has 2 saturated heterocycles. The van der Waals surface area contributed by atoms with Gasteiger partial charge in [-0.1, -0.05) is 40.8 Å². The summed E-state index contributed by atoms with van der Waals surface area (Å²) in [6.45, 7) is 2.57. The molecule has 4 aromatic rings. The van der Waals surface area contributed by atoms with Crippen molar-refractivity contribution in [3.8, 4) is 11.3 Å². The molecular weight excluding hydrogens is 505 g/mol. The van der Waals surface area contributed by atoms with E-state index in [1.807, 2.05) is 12.1 Å². The number of aromatic carboxylic acids is 1. The van der Waals surface area contributed by atoms with E-state index in [1.54, 1.807) is 0 Å². The average molecular weight is 534 g/mol. The predicted octanol–water partition coefficient (Wildman–Crippen LogP) is 6.69. The molecule has 0 amide bonds. The van der Waals surface area contributed by atoms with Crippen molar-refractivity contribution in [2.45, 2.75) is 76.2 Å². The molecule has 1 N–H and O–H groups in total. The van der Waals surface area contributed by atoms with Crippen LogP contribution in [0.15, 0.2) is 40.9 Å². The quantitative estimate of drug-likeness (QED) is 0.283. The van der Waals surface area contributed by atoms with Gasteiger partial charge in [0.2, 0.25) is 0 Å². The second-order valence-corrected chi connectivity index (χ2v) is 11.8. The van der Waals surface area contributed by atoms with E-state index < -0.39 is 11.8 Å². The zero-order chi connectivity index (χ0) is 26.0. The van der Waals surface area contributed by atoms with Crippen LogP contribution in [0, 0.1) is 12.7 Å². The number of ether oxygens (including phenoxy) is 1. The van der Waals surface area contributed by atoms with Crippen LogP contribution >= 0.6 is 11.3 Å². The number of hydrogen-bond acceptors (Lipinski definition) is 7. The van der Waals surface area contributed by atoms with Crippen LogP contribution in [-0.4, -0.2) is 39.4 Å². The molecule has 4 heterocycles. The van der Waals surface area contributed by atoms with E-state index in [-0.39, 0.29) is 29.3 Å². The predicted molar refractivity (Wildman–Crippen MR) is 142 cm³/mol. The van der Waals surface area contributed by atoms with Gasteiger partial charge in [-0.05, 0) is 63.1 Å². The fourth-order valence-corrected chi connectivity index (χ4v) is 7.33. The lowest BCUT2D eigenvalue weighted by Crippen LogP contribution is -2.45. The maximum Gasteiger partial charge on any atom is 0.335 e. The van der Waals surface area contributed by atoms with Crippen molar-refractivity contribution in [3.05, 3.63) is 64.7 Å². The van der Waals surface area contributed by atoms with Crippen LogP contribution in [0.25, 0.3) is 21.5 Å². The fourth-order valence-electron chi connectivity index (χ4n) is 6.17. The molecule has 1 saturated carbocycles. The number of nitrogens with zero attached hydrogens (tertiary/aromatic N) is 3. The fraction of sp³-hybridized carbons (Fsp3) is 0.414. The van der Waals surface area contributed by atoms with Crippen LogP contribution in [0.1, 0.15) is 71.7 Å². The Morgan fingerprint density at radius 3 is 2.66 bits per heavy atom. The Kier molecular flexibility index (Phi) is 5.74. The van der Waals surface area contributed by atoms with E-state index in [1.165, 1.54) is 23.0 Å². The molecule has 1 unspecified atom stereocenters. The van der Waals surface area contributed by atoms with Gasteiger partial charge in [-0.15, -0.1) is 0 Å². The third-order valence-electron chi connectivity index (χ3n) is 8.23. The highest BCUT2D eigenvalue weighted by atomic mass is 32.1. The monoisotopic (exact) mass is 533 g/mol. The van der Waals surface area contributed by atoms with Crippen LogP contribution in [-0.2, 0) is 11.3 Å². The third-order valence-corrected chi connectivity index (χ3v) is 9.24. The zero-order valence-corrected chi connectivity index (χ0v) is 21.8. The van der Waals surface area contributed by atoms with Gasteiger partial charge < -0.3 is 19.3 Å². The highest BCUT2D eigenvalue weighted by molar-refractivity contribution is 7.22. The standard InChI is InChI=1S/C29H28FN3O4S/c1-15-4-2-3-5-21(15)25-22(27(37-32-25)16-6-7-16)14-36-20-12-18-8-9-19(13-20)33(18)29-31-26-23(30)10-17(28(34)35)11-24(26)38-29/h2-5,10-11,16,18-20H,6-9,12-14H2,1H3,(H,34,35)/t18-,19?,20-/m0/s1. The smallest absolute Gasteiger partial charge is 0.335 e. The molecule has 196 valence electrons. The third kappa shape index (κ3) is 4.08. The molecule has 3 atom stereocenters. The van der Waals surface area contributed by atoms with E-state index >= 15 is 0 Å². The van der Waals surface area contributed by atoms with Gasteiger partial charge in [0, 0.05) is 29.1 Å². The highest BCUT2D eigenvalue weighted by Crippen LogP contribution is 2.46. The number of fused-ring (bicyclic) bond motifs is 3. The summed E-state index contributed by atoms with van der Waals surface area (Å²) in [6.07, 6.45) is 6.21. The van der Waals surface area contributed by atoms with Crippen molar-refractivity contribution in [2.75, 3.05) is 4.90 Å². The van der Waals surface area contributed by atoms with Crippen LogP contribution in [0.4, 0.5) is 9.52 Å². The van der Waals surface area contributed by atoms with Gasteiger partial charge in [0.05, 0.1) is 23.0 Å². The first-order valence-electron chi connectivity index (χ1n) is 13.2. The van der Waals surface area contributed by atoms with Gasteiger partial charge in [0.15, 0.2) is 10.9 Å². The Hall–Kier alpha value is -3.30. The second-order valence-electron chi connectivity index (χ2n) is 10.8. The zero-order valence-electron chi connectivity index (χ0n) is 21.0. The van der Waals surface area contributed by atoms with E-state index in [4.69, 9.17) is 9.26 Å². The number of hydrogen-bond donors (Lipinski definition) is 1. The Bertz CT molecular complexity index is 1530. The summed E-state index contributed by atoms with van der Waals surface area (Å²) in [4.78, 5) is 18.3. The van der Waals surface area contributed by atoms with Crippen molar-refractivity contribution in [1.29, 1.82) is 0 Å². The molecule has 2 aromatic heterocycles. The maximum absolute atomic E-state index is 14.6. The number of carboxylic acid groups (broad SMARTS) is 1. The Morgan fingerprint density at radius 2 is 1.95 bits per heavy atom. The highest BCUT2D eigenvalue weighted by Gasteiger charge is 2.43. The van der Waals surface area contributed by atoms with E-state index in [2.05, 4.69) is 34.1 Å². The minimum Gasteiger partial charge on any atom is -0.478 e. The molecular formula is C29H28FN3O4S. The van der Waals surface area contributed by atoms with Crippen LogP contribution in [0.5, 0.6) is 0 Å². The van der Waals surface area contributed by atoms with Gasteiger partial charge in [0.25, 0.3) is 0 Å². The summed E-state index contributed by atoms with van der Waals surface area (Å²) in [5.41, 5.74) is 4.42. The van der Waals surface area contributed by atoms with Gasteiger partial charge in [0.1, 0.15) is 17.0 Å². The van der Waals surface area contributed by atoms with Gasteiger partial charge in [-0.25, -0.2) is 14.2 Å². The molecule has 3 aliphatic rings. The van der Waals surface area contributed by atoms with Crippen LogP contribution in [0.3, 0.4) is 0 Å². The van der Waals surface area contributed by atoms with Crippen molar-refractivity contribution in [1.82, 2.24) is 10.1 Å². The molecule has 0 spiro atoms. The maximum atomic E-state index is 14.6.